The molecule has 8 heteroatoms. The van der Waals surface area contributed by atoms with Crippen LogP contribution in [0.25, 0.3) is 0 Å². The number of anilines is 1. The standard InChI is InChI=1S/C13H13F3N2O3/c14-13(15,16)10-3-5-17(6-4-10)12-2-1-11(18(20)21)7-9(12)8-19/h1-3,7,19H,4-6,8H2. The third-order valence-electron chi connectivity index (χ3n) is 3.36. The van der Waals surface area contributed by atoms with Crippen LogP contribution in [0.5, 0.6) is 0 Å². The lowest BCUT2D eigenvalue weighted by Gasteiger charge is -2.30. The van der Waals surface area contributed by atoms with Crippen LogP contribution in [0.1, 0.15) is 12.0 Å². The lowest BCUT2D eigenvalue weighted by molar-refractivity contribution is -0.384. The van der Waals surface area contributed by atoms with Crippen molar-refractivity contribution in [2.24, 2.45) is 0 Å². The molecule has 0 aromatic heterocycles. The number of halogens is 3. The predicted octanol–water partition coefficient (Wildman–Crippen LogP) is 2.79. The van der Waals surface area contributed by atoms with Crippen molar-refractivity contribution in [2.75, 3.05) is 18.0 Å². The number of rotatable bonds is 3. The molecule has 1 heterocycles. The molecule has 0 saturated carbocycles. The van der Waals surface area contributed by atoms with Crippen molar-refractivity contribution in [3.05, 3.63) is 45.5 Å². The molecule has 0 unspecified atom stereocenters. The van der Waals surface area contributed by atoms with Crippen molar-refractivity contribution in [1.29, 1.82) is 0 Å². The first-order chi connectivity index (χ1) is 9.82. The smallest absolute Gasteiger partial charge is 0.392 e. The highest BCUT2D eigenvalue weighted by Crippen LogP contribution is 2.33. The number of nitro groups is 1. The molecule has 0 aliphatic carbocycles. The van der Waals surface area contributed by atoms with Crippen LogP contribution in [0.3, 0.4) is 0 Å². The highest BCUT2D eigenvalue weighted by Gasteiger charge is 2.35. The van der Waals surface area contributed by atoms with Gasteiger partial charge in [-0.25, -0.2) is 0 Å². The number of benzene rings is 1. The first kappa shape index (κ1) is 15.3. The number of nitrogens with zero attached hydrogens (tertiary/aromatic N) is 2. The minimum atomic E-state index is -4.32. The maximum absolute atomic E-state index is 12.6. The predicted molar refractivity (Wildman–Crippen MR) is 70.0 cm³/mol. The Labute approximate surface area is 118 Å². The molecule has 21 heavy (non-hydrogen) atoms. The number of hydrogen-bond donors (Lipinski definition) is 1. The van der Waals surface area contributed by atoms with Crippen LogP contribution in [0.4, 0.5) is 24.5 Å². The molecule has 1 aromatic carbocycles. The number of alkyl halides is 3. The van der Waals surface area contributed by atoms with Crippen LogP contribution in [0, 0.1) is 10.1 Å². The number of nitro benzene ring substituents is 1. The zero-order valence-corrected chi connectivity index (χ0v) is 10.9. The van der Waals surface area contributed by atoms with Crippen molar-refractivity contribution in [3.63, 3.8) is 0 Å². The van der Waals surface area contributed by atoms with Gasteiger partial charge < -0.3 is 10.0 Å². The summed E-state index contributed by atoms with van der Waals surface area (Å²) in [4.78, 5) is 11.8. The maximum atomic E-state index is 12.6. The van der Waals surface area contributed by atoms with Crippen LogP contribution in [0.15, 0.2) is 29.8 Å². The minimum absolute atomic E-state index is 0.0552. The molecule has 0 atom stereocenters. The monoisotopic (exact) mass is 302 g/mol. The van der Waals surface area contributed by atoms with E-state index in [4.69, 9.17) is 0 Å². The molecule has 1 aliphatic heterocycles. The molecule has 0 spiro atoms. The van der Waals surface area contributed by atoms with E-state index in [1.165, 1.54) is 18.2 Å². The molecule has 0 radical (unpaired) electrons. The van der Waals surface area contributed by atoms with Crippen molar-refractivity contribution in [2.45, 2.75) is 19.2 Å². The Morgan fingerprint density at radius 2 is 2.10 bits per heavy atom. The third-order valence-corrected chi connectivity index (χ3v) is 3.36. The van der Waals surface area contributed by atoms with Crippen LogP contribution >= 0.6 is 0 Å². The summed E-state index contributed by atoms with van der Waals surface area (Å²) in [6, 6.07) is 3.96. The van der Waals surface area contributed by atoms with Crippen LogP contribution in [-0.4, -0.2) is 29.3 Å². The van der Waals surface area contributed by atoms with Gasteiger partial charge in [-0.1, -0.05) is 6.08 Å². The lowest BCUT2D eigenvalue weighted by atomic mass is 10.1. The van der Waals surface area contributed by atoms with Gasteiger partial charge in [0, 0.05) is 42.0 Å². The molecule has 5 nitrogen and oxygen atoms in total. The number of aliphatic hydroxyl groups is 1. The second-order valence-electron chi connectivity index (χ2n) is 4.65. The van der Waals surface area contributed by atoms with E-state index >= 15 is 0 Å². The third kappa shape index (κ3) is 3.33. The van der Waals surface area contributed by atoms with Crippen LogP contribution in [0.2, 0.25) is 0 Å². The molecular formula is C13H13F3N2O3. The summed E-state index contributed by atoms with van der Waals surface area (Å²) in [7, 11) is 0. The van der Waals surface area contributed by atoms with Gasteiger partial charge in [0.05, 0.1) is 11.5 Å². The number of hydrogen-bond acceptors (Lipinski definition) is 4. The molecule has 2 rings (SSSR count). The van der Waals surface area contributed by atoms with Gasteiger partial charge in [0.2, 0.25) is 0 Å². The highest BCUT2D eigenvalue weighted by molar-refractivity contribution is 5.58. The summed E-state index contributed by atoms with van der Waals surface area (Å²) >= 11 is 0. The zero-order valence-electron chi connectivity index (χ0n) is 10.9. The molecule has 1 N–H and O–H groups in total. The van der Waals surface area contributed by atoms with Crippen molar-refractivity contribution >= 4 is 11.4 Å². The second kappa shape index (κ2) is 5.72. The molecule has 1 aliphatic rings. The average molecular weight is 302 g/mol. The van der Waals surface area contributed by atoms with E-state index in [9.17, 15) is 28.4 Å². The Morgan fingerprint density at radius 3 is 2.57 bits per heavy atom. The molecule has 0 amide bonds. The number of aliphatic hydroxyl groups excluding tert-OH is 1. The van der Waals surface area contributed by atoms with E-state index in [-0.39, 0.29) is 25.2 Å². The largest absolute Gasteiger partial charge is 0.412 e. The van der Waals surface area contributed by atoms with Crippen LogP contribution in [-0.2, 0) is 6.61 Å². The summed E-state index contributed by atoms with van der Waals surface area (Å²) in [6.07, 6.45) is -3.36. The topological polar surface area (TPSA) is 66.6 Å². The Hall–Kier alpha value is -2.09. The summed E-state index contributed by atoms with van der Waals surface area (Å²) in [6.45, 7) is -0.209. The Balaban J connectivity index is 2.24. The second-order valence-corrected chi connectivity index (χ2v) is 4.65. The van der Waals surface area contributed by atoms with Gasteiger partial charge in [0.15, 0.2) is 0 Å². The minimum Gasteiger partial charge on any atom is -0.392 e. The van der Waals surface area contributed by atoms with Crippen molar-refractivity contribution in [3.8, 4) is 0 Å². The summed E-state index contributed by atoms with van der Waals surface area (Å²) in [5.74, 6) is 0. The lowest BCUT2D eigenvalue weighted by Crippen LogP contribution is -2.32. The van der Waals surface area contributed by atoms with E-state index < -0.39 is 23.3 Å². The van der Waals surface area contributed by atoms with E-state index in [1.807, 2.05) is 0 Å². The first-order valence-corrected chi connectivity index (χ1v) is 6.22. The number of non-ortho nitro benzene ring substituents is 1. The first-order valence-electron chi connectivity index (χ1n) is 6.22. The average Bonchev–Trinajstić information content (AvgIpc) is 2.45. The van der Waals surface area contributed by atoms with E-state index in [0.717, 1.165) is 6.08 Å². The zero-order chi connectivity index (χ0) is 15.6. The molecule has 1 aromatic rings. The van der Waals surface area contributed by atoms with Gasteiger partial charge in [-0.15, -0.1) is 0 Å². The Morgan fingerprint density at radius 1 is 1.38 bits per heavy atom. The SMILES string of the molecule is O=[N+]([O-])c1ccc(N2CC=C(C(F)(F)F)CC2)c(CO)c1. The summed E-state index contributed by atoms with van der Waals surface area (Å²) in [5, 5.41) is 20.0. The Bertz CT molecular complexity index is 585. The van der Waals surface area contributed by atoms with Gasteiger partial charge in [-0.05, 0) is 12.5 Å². The Kier molecular flexibility index (Phi) is 4.17. The molecule has 0 fully saturated rings. The quantitative estimate of drug-likeness (QED) is 0.529. The van der Waals surface area contributed by atoms with E-state index in [1.54, 1.807) is 4.90 Å². The summed E-state index contributed by atoms with van der Waals surface area (Å²) < 4.78 is 37.7. The fourth-order valence-electron chi connectivity index (χ4n) is 2.27. The van der Waals surface area contributed by atoms with Crippen molar-refractivity contribution in [1.82, 2.24) is 0 Å². The van der Waals surface area contributed by atoms with Gasteiger partial charge in [-0.2, -0.15) is 13.2 Å². The van der Waals surface area contributed by atoms with Gasteiger partial charge in [-0.3, -0.25) is 10.1 Å². The fourth-order valence-corrected chi connectivity index (χ4v) is 2.27. The van der Waals surface area contributed by atoms with E-state index in [0.29, 0.717) is 11.3 Å². The van der Waals surface area contributed by atoms with Crippen LogP contribution < -0.4 is 4.90 Å². The fraction of sp³-hybridized carbons (Fsp3) is 0.385. The normalized spacial score (nSPS) is 15.8. The highest BCUT2D eigenvalue weighted by atomic mass is 19.4. The van der Waals surface area contributed by atoms with Crippen molar-refractivity contribution < 1.29 is 23.2 Å². The van der Waals surface area contributed by atoms with Gasteiger partial charge in [0.1, 0.15) is 0 Å². The van der Waals surface area contributed by atoms with E-state index in [2.05, 4.69) is 0 Å². The van der Waals surface area contributed by atoms with Gasteiger partial charge >= 0.3 is 6.18 Å². The summed E-state index contributed by atoms with van der Waals surface area (Å²) in [5.41, 5.74) is 0.117. The van der Waals surface area contributed by atoms with Gasteiger partial charge in [0.25, 0.3) is 5.69 Å². The molecule has 114 valence electrons. The molecule has 0 bridgehead atoms. The molecule has 0 saturated heterocycles. The molecular weight excluding hydrogens is 289 g/mol. The maximum Gasteiger partial charge on any atom is 0.412 e.